The lowest BCUT2D eigenvalue weighted by molar-refractivity contribution is -0.348. The number of halogens is 13. The number of rotatable bonds is 5. The Morgan fingerprint density at radius 3 is 1.95 bits per heavy atom. The Hall–Kier alpha value is -3.50. The zero-order chi connectivity index (χ0) is 31.2. The largest absolute Gasteiger partial charge is 0.433 e. The predicted octanol–water partition coefficient (Wildman–Crippen LogP) is 7.34. The van der Waals surface area contributed by atoms with Crippen molar-refractivity contribution in [2.24, 2.45) is 0 Å². The summed E-state index contributed by atoms with van der Waals surface area (Å²) in [7, 11) is 0. The number of carbonyl (C=O) groups is 2. The van der Waals surface area contributed by atoms with Crippen molar-refractivity contribution < 1.29 is 62.3 Å². The van der Waals surface area contributed by atoms with E-state index < -0.39 is 74.8 Å². The van der Waals surface area contributed by atoms with Gasteiger partial charge in [0.25, 0.3) is 11.8 Å². The number of allylic oxidation sites excluding steroid dienone is 2. The molecule has 0 bridgehead atoms. The van der Waals surface area contributed by atoms with E-state index in [1.165, 1.54) is 5.32 Å². The van der Waals surface area contributed by atoms with E-state index in [1.54, 1.807) is 0 Å². The van der Waals surface area contributed by atoms with Gasteiger partial charge in [0, 0.05) is 5.56 Å². The molecular weight excluding hydrogens is 656 g/mol. The second-order valence-corrected chi connectivity index (χ2v) is 9.75. The molecule has 1 aliphatic carbocycles. The quantitative estimate of drug-likeness (QED) is 0.259. The third kappa shape index (κ3) is 5.81. The number of amides is 2. The fourth-order valence-electron chi connectivity index (χ4n) is 3.90. The summed E-state index contributed by atoms with van der Waals surface area (Å²) in [5, 5.41) is 3.16. The minimum absolute atomic E-state index is 0.00359. The van der Waals surface area contributed by atoms with Crippen molar-refractivity contribution in [2.75, 3.05) is 5.32 Å². The highest BCUT2D eigenvalue weighted by atomic mass is 79.9. The molecule has 2 aromatic carbocycles. The molecule has 0 heterocycles. The van der Waals surface area contributed by atoms with Crippen LogP contribution in [0.2, 0.25) is 0 Å². The lowest BCUT2D eigenvalue weighted by atomic mass is 9.75. The number of nitrogens with one attached hydrogen (secondary N) is 2. The normalized spacial score (nSPS) is 19.9. The third-order valence-electron chi connectivity index (χ3n) is 5.84. The number of alkyl halides is 11. The van der Waals surface area contributed by atoms with E-state index in [9.17, 15) is 53.5 Å². The van der Waals surface area contributed by atoms with E-state index >= 15 is 8.78 Å². The van der Waals surface area contributed by atoms with Gasteiger partial charge in [-0.3, -0.25) is 9.59 Å². The molecule has 0 saturated carbocycles. The third-order valence-corrected chi connectivity index (χ3v) is 7.10. The molecule has 41 heavy (non-hydrogen) atoms. The van der Waals surface area contributed by atoms with Crippen LogP contribution in [0.5, 0.6) is 0 Å². The molecule has 222 valence electrons. The van der Waals surface area contributed by atoms with Crippen LogP contribution in [0.4, 0.5) is 58.4 Å². The Kier molecular flexibility index (Phi) is 8.37. The number of hydrogen-bond acceptors (Lipinski definition) is 2. The molecule has 2 N–H and O–H groups in total. The molecule has 3 rings (SSSR count). The molecule has 0 aromatic heterocycles. The van der Waals surface area contributed by atoms with E-state index in [0.29, 0.717) is 6.07 Å². The van der Waals surface area contributed by atoms with Crippen molar-refractivity contribution >= 4 is 33.4 Å². The van der Waals surface area contributed by atoms with E-state index in [1.807, 2.05) is 21.2 Å². The summed E-state index contributed by atoms with van der Waals surface area (Å²) in [6, 6.07) is 2.74. The molecular formula is C24H13BrF12N2O2. The van der Waals surface area contributed by atoms with Crippen LogP contribution >= 0.6 is 15.9 Å². The maximum atomic E-state index is 15.2. The van der Waals surface area contributed by atoms with Crippen LogP contribution in [0, 0.1) is 11.6 Å². The zero-order valence-electron chi connectivity index (χ0n) is 19.6. The van der Waals surface area contributed by atoms with Crippen molar-refractivity contribution in [2.45, 2.75) is 34.6 Å². The minimum Gasteiger partial charge on any atom is -0.343 e. The van der Waals surface area contributed by atoms with Gasteiger partial charge in [0.2, 0.25) is 0 Å². The van der Waals surface area contributed by atoms with Gasteiger partial charge < -0.3 is 10.6 Å². The topological polar surface area (TPSA) is 58.2 Å². The summed E-state index contributed by atoms with van der Waals surface area (Å²) < 4.78 is 162. The van der Waals surface area contributed by atoms with Gasteiger partial charge in [-0.25, -0.2) is 13.2 Å². The lowest BCUT2D eigenvalue weighted by Crippen LogP contribution is -2.72. The van der Waals surface area contributed by atoms with Crippen molar-refractivity contribution in [1.82, 2.24) is 5.32 Å². The second kappa shape index (κ2) is 10.7. The Morgan fingerprint density at radius 2 is 1.41 bits per heavy atom. The van der Waals surface area contributed by atoms with Crippen LogP contribution in [0.3, 0.4) is 0 Å². The first-order valence-corrected chi connectivity index (χ1v) is 11.6. The van der Waals surface area contributed by atoms with Crippen LogP contribution in [0.15, 0.2) is 66.3 Å². The maximum absolute atomic E-state index is 15.2. The number of anilines is 1. The maximum Gasteiger partial charge on any atom is 0.433 e. The fraction of sp³-hybridized carbons (Fsp3) is 0.250. The average Bonchev–Trinajstić information content (AvgIpc) is 2.83. The van der Waals surface area contributed by atoms with Gasteiger partial charge in [0.1, 0.15) is 10.1 Å². The van der Waals surface area contributed by atoms with Crippen LogP contribution in [0.1, 0.15) is 20.7 Å². The second-order valence-electron chi connectivity index (χ2n) is 8.44. The standard InChI is InChI=1S/C24H13BrF12N2O2/c25-20(22(31,23(32,33)34)24(35,36)37)9-3-7-14(21(28,29)30)17(20)39-19(41)13-6-2-8-15(16(13)27)38-18(40)11-4-1-5-12(26)10-11/h1-10,17H,(H,38,40)(H,39,41). The number of hydrogen-bond donors (Lipinski definition) is 2. The summed E-state index contributed by atoms with van der Waals surface area (Å²) in [5.74, 6) is -5.67. The van der Waals surface area contributed by atoms with Gasteiger partial charge in [0.05, 0.1) is 22.9 Å². The summed E-state index contributed by atoms with van der Waals surface area (Å²) in [6.45, 7) is 0. The molecule has 2 amide bonds. The Bertz CT molecular complexity index is 1400. The van der Waals surface area contributed by atoms with E-state index in [-0.39, 0.29) is 23.8 Å². The lowest BCUT2D eigenvalue weighted by Gasteiger charge is -2.47. The Balaban J connectivity index is 2.07. The van der Waals surface area contributed by atoms with Crippen molar-refractivity contribution in [1.29, 1.82) is 0 Å². The molecule has 2 unspecified atom stereocenters. The molecule has 1 aliphatic rings. The molecule has 0 radical (unpaired) electrons. The molecule has 0 fully saturated rings. The first-order valence-electron chi connectivity index (χ1n) is 10.8. The fourth-order valence-corrected chi connectivity index (χ4v) is 4.86. The van der Waals surface area contributed by atoms with E-state index in [4.69, 9.17) is 0 Å². The summed E-state index contributed by atoms with van der Waals surface area (Å²) in [4.78, 5) is 25.1. The summed E-state index contributed by atoms with van der Waals surface area (Å²) in [6.07, 6.45) is -19.6. The highest BCUT2D eigenvalue weighted by Crippen LogP contribution is 2.59. The van der Waals surface area contributed by atoms with Gasteiger partial charge in [-0.1, -0.05) is 46.3 Å². The zero-order valence-corrected chi connectivity index (χ0v) is 21.2. The van der Waals surface area contributed by atoms with Gasteiger partial charge in [-0.05, 0) is 30.3 Å². The van der Waals surface area contributed by atoms with Gasteiger partial charge in [0.15, 0.2) is 5.82 Å². The smallest absolute Gasteiger partial charge is 0.343 e. The minimum atomic E-state index is -6.87. The first-order chi connectivity index (χ1) is 18.6. The van der Waals surface area contributed by atoms with Crippen molar-refractivity contribution in [3.05, 3.63) is 89.0 Å². The van der Waals surface area contributed by atoms with Gasteiger partial charge in [-0.15, -0.1) is 0 Å². The Morgan fingerprint density at radius 1 is 0.829 bits per heavy atom. The molecule has 0 aliphatic heterocycles. The molecule has 4 nitrogen and oxygen atoms in total. The van der Waals surface area contributed by atoms with Crippen LogP contribution in [-0.2, 0) is 0 Å². The first kappa shape index (κ1) is 32.0. The van der Waals surface area contributed by atoms with Crippen molar-refractivity contribution in [3.8, 4) is 0 Å². The number of carbonyl (C=O) groups excluding carboxylic acids is 2. The van der Waals surface area contributed by atoms with E-state index in [0.717, 1.165) is 36.4 Å². The molecule has 0 saturated heterocycles. The molecule has 2 atom stereocenters. The van der Waals surface area contributed by atoms with Gasteiger partial charge in [-0.2, -0.15) is 39.5 Å². The highest BCUT2D eigenvalue weighted by Gasteiger charge is 2.83. The monoisotopic (exact) mass is 668 g/mol. The molecule has 0 spiro atoms. The van der Waals surface area contributed by atoms with Crippen LogP contribution < -0.4 is 10.6 Å². The Labute approximate surface area is 230 Å². The average molecular weight is 669 g/mol. The molecule has 17 heteroatoms. The van der Waals surface area contributed by atoms with Crippen LogP contribution in [-0.4, -0.2) is 46.4 Å². The van der Waals surface area contributed by atoms with Gasteiger partial charge >= 0.3 is 24.2 Å². The highest BCUT2D eigenvalue weighted by molar-refractivity contribution is 9.10. The number of benzene rings is 2. The van der Waals surface area contributed by atoms with E-state index in [2.05, 4.69) is 0 Å². The summed E-state index contributed by atoms with van der Waals surface area (Å²) >= 11 is 1.85. The SMILES string of the molecule is O=C(Nc1cccc(C(=O)NC2C(C(F)(F)F)=CC=CC2(Br)C(F)(C(F)(F)F)C(F)(F)F)c1F)c1cccc(F)c1. The van der Waals surface area contributed by atoms with Crippen molar-refractivity contribution in [3.63, 3.8) is 0 Å². The predicted molar refractivity (Wildman–Crippen MR) is 123 cm³/mol. The molecule has 2 aromatic rings. The summed E-state index contributed by atoms with van der Waals surface area (Å²) in [5.41, 5.74) is -11.1. The van der Waals surface area contributed by atoms with Crippen LogP contribution in [0.25, 0.3) is 0 Å².